The maximum Gasteiger partial charge on any atom is 0.321 e. The Hall–Kier alpha value is -1.83. The monoisotopic (exact) mass is 450 g/mol. The maximum atomic E-state index is 13.5. The highest BCUT2D eigenvalue weighted by atomic mass is 35.5. The average Bonchev–Trinajstić information content (AvgIpc) is 2.95. The predicted molar refractivity (Wildman–Crippen MR) is 123 cm³/mol. The molecule has 0 unspecified atom stereocenters. The third kappa shape index (κ3) is 6.34. The number of halogens is 1. The lowest BCUT2D eigenvalue weighted by atomic mass is 9.99. The van der Waals surface area contributed by atoms with E-state index in [2.05, 4.69) is 37.9 Å². The van der Waals surface area contributed by atoms with Crippen molar-refractivity contribution in [2.75, 3.05) is 44.6 Å². The van der Waals surface area contributed by atoms with Crippen molar-refractivity contribution in [2.24, 2.45) is 5.92 Å². The van der Waals surface area contributed by atoms with Crippen LogP contribution in [0.4, 0.5) is 10.5 Å². The number of nitrogens with zero attached hydrogens (tertiary/aromatic N) is 3. The molecule has 172 valence electrons. The molecule has 0 bridgehead atoms. The zero-order valence-corrected chi connectivity index (χ0v) is 19.8. The van der Waals surface area contributed by atoms with E-state index in [1.807, 2.05) is 4.90 Å². The highest BCUT2D eigenvalue weighted by Crippen LogP contribution is 2.21. The SMILES string of the molecule is CC(C)[C@@H](C(=O)N1CCCN(C(=O)Nc2ccc(Cl)cc2)CC1)N1C[C@@H](C)O[C@H](C)C1. The number of rotatable bonds is 4. The summed E-state index contributed by atoms with van der Waals surface area (Å²) >= 11 is 5.91. The smallest absolute Gasteiger partial charge is 0.321 e. The average molecular weight is 451 g/mol. The third-order valence-corrected chi connectivity index (χ3v) is 6.17. The van der Waals surface area contributed by atoms with Gasteiger partial charge in [0.2, 0.25) is 5.91 Å². The third-order valence-electron chi connectivity index (χ3n) is 5.92. The van der Waals surface area contributed by atoms with Crippen molar-refractivity contribution >= 4 is 29.2 Å². The summed E-state index contributed by atoms with van der Waals surface area (Å²) in [6.07, 6.45) is 1.00. The van der Waals surface area contributed by atoms with Crippen LogP contribution in [0, 0.1) is 5.92 Å². The summed E-state index contributed by atoms with van der Waals surface area (Å²) in [5, 5.41) is 3.55. The molecule has 31 heavy (non-hydrogen) atoms. The van der Waals surface area contributed by atoms with Crippen molar-refractivity contribution < 1.29 is 14.3 Å². The minimum Gasteiger partial charge on any atom is -0.373 e. The highest BCUT2D eigenvalue weighted by molar-refractivity contribution is 6.30. The van der Waals surface area contributed by atoms with E-state index in [0.717, 1.165) is 19.5 Å². The first-order valence-corrected chi connectivity index (χ1v) is 11.6. The first-order chi connectivity index (χ1) is 14.7. The standard InChI is InChI=1S/C23H35ClN4O3/c1-16(2)21(28-14-17(3)31-18(4)15-28)22(29)26-10-5-11-27(13-12-26)23(30)25-20-8-6-19(24)7-9-20/h6-9,16-18,21H,5,10-15H2,1-4H3,(H,25,30)/t17-,18-,21+/m1/s1. The molecule has 2 fully saturated rings. The summed E-state index contributed by atoms with van der Waals surface area (Å²) in [4.78, 5) is 32.2. The number of morpholine rings is 1. The lowest BCUT2D eigenvalue weighted by Gasteiger charge is -2.42. The van der Waals surface area contributed by atoms with E-state index >= 15 is 0 Å². The number of benzene rings is 1. The van der Waals surface area contributed by atoms with Crippen molar-refractivity contribution in [2.45, 2.75) is 52.4 Å². The van der Waals surface area contributed by atoms with Crippen molar-refractivity contribution in [3.8, 4) is 0 Å². The van der Waals surface area contributed by atoms with Crippen LogP contribution in [0.1, 0.15) is 34.1 Å². The number of hydrogen-bond acceptors (Lipinski definition) is 4. The fraction of sp³-hybridized carbons (Fsp3) is 0.652. The van der Waals surface area contributed by atoms with Crippen LogP contribution in [0.15, 0.2) is 24.3 Å². The number of ether oxygens (including phenoxy) is 1. The molecule has 3 amide bonds. The topological polar surface area (TPSA) is 65.1 Å². The fourth-order valence-electron chi connectivity index (χ4n) is 4.57. The number of hydrogen-bond donors (Lipinski definition) is 1. The van der Waals surface area contributed by atoms with Crippen molar-refractivity contribution in [1.29, 1.82) is 0 Å². The van der Waals surface area contributed by atoms with Gasteiger partial charge in [-0.15, -0.1) is 0 Å². The van der Waals surface area contributed by atoms with Crippen LogP contribution < -0.4 is 5.32 Å². The number of amides is 3. The quantitative estimate of drug-likeness (QED) is 0.762. The second-order valence-electron chi connectivity index (χ2n) is 9.00. The summed E-state index contributed by atoms with van der Waals surface area (Å²) in [7, 11) is 0. The molecule has 8 heteroatoms. The first kappa shape index (κ1) is 23.8. The van der Waals surface area contributed by atoms with E-state index in [9.17, 15) is 9.59 Å². The Kier molecular flexibility index (Phi) is 8.19. The Morgan fingerprint density at radius 2 is 1.58 bits per heavy atom. The van der Waals surface area contributed by atoms with Gasteiger partial charge in [-0.3, -0.25) is 9.69 Å². The molecule has 2 aliphatic heterocycles. The van der Waals surface area contributed by atoms with Crippen molar-refractivity contribution in [1.82, 2.24) is 14.7 Å². The van der Waals surface area contributed by atoms with Crippen molar-refractivity contribution in [3.05, 3.63) is 29.3 Å². The van der Waals surface area contributed by atoms with Crippen LogP contribution in [-0.4, -0.2) is 84.2 Å². The number of urea groups is 1. The van der Waals surface area contributed by atoms with Crippen LogP contribution >= 0.6 is 11.6 Å². The van der Waals surface area contributed by atoms with Gasteiger partial charge in [0.15, 0.2) is 0 Å². The summed E-state index contributed by atoms with van der Waals surface area (Å²) in [6.45, 7) is 12.2. The van der Waals surface area contributed by atoms with Gasteiger partial charge in [-0.05, 0) is 50.5 Å². The molecule has 3 rings (SSSR count). The molecule has 1 aromatic carbocycles. The van der Waals surface area contributed by atoms with E-state index in [-0.39, 0.29) is 36.1 Å². The van der Waals surface area contributed by atoms with E-state index in [0.29, 0.717) is 36.9 Å². The second-order valence-corrected chi connectivity index (χ2v) is 9.44. The van der Waals surface area contributed by atoms with Gasteiger partial charge in [0, 0.05) is 50.0 Å². The number of carbonyl (C=O) groups excluding carboxylic acids is 2. The second kappa shape index (κ2) is 10.7. The molecule has 0 aliphatic carbocycles. The zero-order chi connectivity index (χ0) is 22.5. The van der Waals surface area contributed by atoms with Gasteiger partial charge in [-0.25, -0.2) is 4.79 Å². The molecular formula is C23H35ClN4O3. The molecule has 1 N–H and O–H groups in total. The van der Waals surface area contributed by atoms with Gasteiger partial charge >= 0.3 is 6.03 Å². The summed E-state index contributed by atoms with van der Waals surface area (Å²) < 4.78 is 5.86. The maximum absolute atomic E-state index is 13.5. The van der Waals surface area contributed by atoms with Crippen LogP contribution in [-0.2, 0) is 9.53 Å². The summed E-state index contributed by atoms with van der Waals surface area (Å²) in [6, 6.07) is 6.76. The minimum atomic E-state index is -0.164. The van der Waals surface area contributed by atoms with Crippen molar-refractivity contribution in [3.63, 3.8) is 0 Å². The molecule has 1 aromatic rings. The van der Waals surface area contributed by atoms with E-state index in [4.69, 9.17) is 16.3 Å². The minimum absolute atomic E-state index is 0.119. The van der Waals surface area contributed by atoms with E-state index in [1.54, 1.807) is 29.2 Å². The van der Waals surface area contributed by atoms with Gasteiger partial charge in [-0.1, -0.05) is 25.4 Å². The lowest BCUT2D eigenvalue weighted by Crippen LogP contribution is -2.58. The zero-order valence-electron chi connectivity index (χ0n) is 19.0. The molecule has 7 nitrogen and oxygen atoms in total. The summed E-state index contributed by atoms with van der Waals surface area (Å²) in [5.41, 5.74) is 0.710. The molecule has 0 saturated carbocycles. The Bertz CT molecular complexity index is 748. The Morgan fingerprint density at radius 1 is 1.00 bits per heavy atom. The molecule has 2 saturated heterocycles. The van der Waals surface area contributed by atoms with Gasteiger partial charge in [-0.2, -0.15) is 0 Å². The number of carbonyl (C=O) groups is 2. The van der Waals surface area contributed by atoms with Crippen LogP contribution in [0.25, 0.3) is 0 Å². The molecule has 0 aromatic heterocycles. The molecule has 2 heterocycles. The van der Waals surface area contributed by atoms with Gasteiger partial charge in [0.05, 0.1) is 18.2 Å². The Balaban J connectivity index is 1.61. The van der Waals surface area contributed by atoms with E-state index in [1.165, 1.54) is 0 Å². The molecule has 2 aliphatic rings. The molecule has 3 atom stereocenters. The molecule has 0 spiro atoms. The first-order valence-electron chi connectivity index (χ1n) is 11.2. The fourth-order valence-corrected chi connectivity index (χ4v) is 4.70. The Morgan fingerprint density at radius 3 is 2.19 bits per heavy atom. The number of nitrogens with one attached hydrogen (secondary N) is 1. The summed E-state index contributed by atoms with van der Waals surface area (Å²) in [5.74, 6) is 0.369. The van der Waals surface area contributed by atoms with Crippen LogP contribution in [0.3, 0.4) is 0 Å². The van der Waals surface area contributed by atoms with Crippen LogP contribution in [0.2, 0.25) is 5.02 Å². The van der Waals surface area contributed by atoms with Gasteiger partial charge < -0.3 is 19.9 Å². The predicted octanol–water partition coefficient (Wildman–Crippen LogP) is 3.54. The molecular weight excluding hydrogens is 416 g/mol. The normalized spacial score (nSPS) is 24.1. The van der Waals surface area contributed by atoms with Crippen LogP contribution in [0.5, 0.6) is 0 Å². The molecule has 0 radical (unpaired) electrons. The van der Waals surface area contributed by atoms with Gasteiger partial charge in [0.25, 0.3) is 0 Å². The highest BCUT2D eigenvalue weighted by Gasteiger charge is 2.37. The lowest BCUT2D eigenvalue weighted by molar-refractivity contribution is -0.145. The number of anilines is 1. The van der Waals surface area contributed by atoms with E-state index < -0.39 is 0 Å². The Labute approximate surface area is 190 Å². The van der Waals surface area contributed by atoms with Gasteiger partial charge in [0.1, 0.15) is 0 Å². The largest absolute Gasteiger partial charge is 0.373 e.